The molecule has 4 heteroatoms. The lowest BCUT2D eigenvalue weighted by molar-refractivity contribution is 0.251. The van der Waals surface area contributed by atoms with Gasteiger partial charge in [-0.05, 0) is 30.2 Å². The second kappa shape index (κ2) is 6.54. The van der Waals surface area contributed by atoms with Crippen molar-refractivity contribution in [2.75, 3.05) is 5.32 Å². The molecule has 0 radical (unpaired) electrons. The van der Waals surface area contributed by atoms with Crippen LogP contribution in [-0.4, -0.2) is 11.0 Å². The van der Waals surface area contributed by atoms with Gasteiger partial charge in [-0.2, -0.15) is 0 Å². The lowest BCUT2D eigenvalue weighted by Crippen LogP contribution is -2.28. The van der Waals surface area contributed by atoms with E-state index in [9.17, 15) is 4.79 Å². The average Bonchev–Trinajstić information content (AvgIpc) is 2.47. The minimum Gasteiger partial charge on any atom is -0.332 e. The molecule has 0 aliphatic carbocycles. The highest BCUT2D eigenvalue weighted by atomic mass is 16.2. The van der Waals surface area contributed by atoms with Crippen molar-refractivity contribution in [3.63, 3.8) is 0 Å². The van der Waals surface area contributed by atoms with Gasteiger partial charge in [0, 0.05) is 11.9 Å². The standard InChI is InChI=1S/C15H17N3O/c1-2-12-7-3-4-9-14(12)18-15(19)17-11-13-8-5-6-10-16-13/h3-10H,2,11H2,1H3,(H2,17,18,19). The molecular weight excluding hydrogens is 238 g/mol. The largest absolute Gasteiger partial charge is 0.332 e. The number of hydrogen-bond acceptors (Lipinski definition) is 2. The Morgan fingerprint density at radius 1 is 1.16 bits per heavy atom. The summed E-state index contributed by atoms with van der Waals surface area (Å²) in [7, 11) is 0. The van der Waals surface area contributed by atoms with Crippen molar-refractivity contribution >= 4 is 11.7 Å². The van der Waals surface area contributed by atoms with E-state index in [0.717, 1.165) is 23.4 Å². The second-order valence-corrected chi connectivity index (χ2v) is 4.14. The number of pyridine rings is 1. The molecule has 0 fully saturated rings. The van der Waals surface area contributed by atoms with Crippen molar-refractivity contribution in [1.82, 2.24) is 10.3 Å². The van der Waals surface area contributed by atoms with E-state index in [-0.39, 0.29) is 6.03 Å². The quantitative estimate of drug-likeness (QED) is 0.882. The molecule has 2 aromatic rings. The highest BCUT2D eigenvalue weighted by Gasteiger charge is 2.04. The van der Waals surface area contributed by atoms with Crippen molar-refractivity contribution in [2.24, 2.45) is 0 Å². The molecule has 2 amide bonds. The summed E-state index contributed by atoms with van der Waals surface area (Å²) in [6.45, 7) is 2.48. The maximum absolute atomic E-state index is 11.8. The fourth-order valence-electron chi connectivity index (χ4n) is 1.79. The number of aryl methyl sites for hydroxylation is 1. The van der Waals surface area contributed by atoms with Crippen molar-refractivity contribution < 1.29 is 4.79 Å². The smallest absolute Gasteiger partial charge is 0.319 e. The zero-order valence-corrected chi connectivity index (χ0v) is 10.9. The van der Waals surface area contributed by atoms with Gasteiger partial charge in [-0.25, -0.2) is 4.79 Å². The third-order valence-corrected chi connectivity index (χ3v) is 2.80. The van der Waals surface area contributed by atoms with Crippen molar-refractivity contribution in [1.29, 1.82) is 0 Å². The molecule has 4 nitrogen and oxygen atoms in total. The van der Waals surface area contributed by atoms with E-state index in [4.69, 9.17) is 0 Å². The maximum atomic E-state index is 11.8. The van der Waals surface area contributed by atoms with Crippen LogP contribution in [0.25, 0.3) is 0 Å². The molecule has 1 heterocycles. The van der Waals surface area contributed by atoms with Crippen LogP contribution < -0.4 is 10.6 Å². The van der Waals surface area contributed by atoms with Gasteiger partial charge in [-0.1, -0.05) is 31.2 Å². The Morgan fingerprint density at radius 2 is 1.95 bits per heavy atom. The van der Waals surface area contributed by atoms with Crippen LogP contribution >= 0.6 is 0 Å². The molecule has 19 heavy (non-hydrogen) atoms. The summed E-state index contributed by atoms with van der Waals surface area (Å²) >= 11 is 0. The first-order valence-electron chi connectivity index (χ1n) is 6.32. The Balaban J connectivity index is 1.91. The topological polar surface area (TPSA) is 54.0 Å². The van der Waals surface area contributed by atoms with E-state index in [0.29, 0.717) is 6.54 Å². The van der Waals surface area contributed by atoms with Crippen LogP contribution in [0.3, 0.4) is 0 Å². The summed E-state index contributed by atoms with van der Waals surface area (Å²) in [5.74, 6) is 0. The number of carbonyl (C=O) groups is 1. The second-order valence-electron chi connectivity index (χ2n) is 4.14. The zero-order chi connectivity index (χ0) is 13.5. The fourth-order valence-corrected chi connectivity index (χ4v) is 1.79. The zero-order valence-electron chi connectivity index (χ0n) is 10.9. The summed E-state index contributed by atoms with van der Waals surface area (Å²) in [5.41, 5.74) is 2.81. The highest BCUT2D eigenvalue weighted by Crippen LogP contribution is 2.14. The van der Waals surface area contributed by atoms with E-state index in [1.165, 1.54) is 0 Å². The normalized spacial score (nSPS) is 9.95. The predicted molar refractivity (Wildman–Crippen MR) is 75.9 cm³/mol. The lowest BCUT2D eigenvalue weighted by atomic mass is 10.1. The Bertz CT molecular complexity index is 540. The van der Waals surface area contributed by atoms with E-state index in [1.807, 2.05) is 42.5 Å². The van der Waals surface area contributed by atoms with Gasteiger partial charge in [0.05, 0.1) is 12.2 Å². The van der Waals surface area contributed by atoms with Crippen LogP contribution in [0.2, 0.25) is 0 Å². The summed E-state index contributed by atoms with van der Waals surface area (Å²) in [6.07, 6.45) is 2.60. The average molecular weight is 255 g/mol. The van der Waals surface area contributed by atoms with E-state index >= 15 is 0 Å². The maximum Gasteiger partial charge on any atom is 0.319 e. The number of benzene rings is 1. The van der Waals surface area contributed by atoms with Gasteiger partial charge in [0.15, 0.2) is 0 Å². The van der Waals surface area contributed by atoms with E-state index in [2.05, 4.69) is 22.5 Å². The minimum absolute atomic E-state index is 0.216. The monoisotopic (exact) mass is 255 g/mol. The van der Waals surface area contributed by atoms with Crippen LogP contribution in [0.5, 0.6) is 0 Å². The first-order valence-corrected chi connectivity index (χ1v) is 6.32. The molecule has 0 unspecified atom stereocenters. The molecule has 0 saturated heterocycles. The number of nitrogens with one attached hydrogen (secondary N) is 2. The number of aromatic nitrogens is 1. The highest BCUT2D eigenvalue weighted by molar-refractivity contribution is 5.90. The molecule has 0 atom stereocenters. The number of amides is 2. The molecule has 0 saturated carbocycles. The van der Waals surface area contributed by atoms with Crippen LogP contribution in [0.15, 0.2) is 48.7 Å². The predicted octanol–water partition coefficient (Wildman–Crippen LogP) is 2.97. The molecule has 2 rings (SSSR count). The van der Waals surface area contributed by atoms with Crippen molar-refractivity contribution in [3.8, 4) is 0 Å². The number of carbonyl (C=O) groups excluding carboxylic acids is 1. The number of para-hydroxylation sites is 1. The third-order valence-electron chi connectivity index (χ3n) is 2.80. The van der Waals surface area contributed by atoms with Gasteiger partial charge in [-0.3, -0.25) is 4.98 Å². The molecule has 1 aromatic heterocycles. The summed E-state index contributed by atoms with van der Waals surface area (Å²) in [4.78, 5) is 16.0. The molecule has 0 aliphatic rings. The summed E-state index contributed by atoms with van der Waals surface area (Å²) in [6, 6.07) is 13.2. The number of rotatable bonds is 4. The Kier molecular flexibility index (Phi) is 4.50. The molecule has 98 valence electrons. The van der Waals surface area contributed by atoms with Gasteiger partial charge in [0.2, 0.25) is 0 Å². The Labute approximate surface area is 112 Å². The number of urea groups is 1. The third kappa shape index (κ3) is 3.81. The number of nitrogens with zero attached hydrogens (tertiary/aromatic N) is 1. The number of hydrogen-bond donors (Lipinski definition) is 2. The first kappa shape index (κ1) is 13.1. The van der Waals surface area contributed by atoms with E-state index in [1.54, 1.807) is 6.20 Å². The minimum atomic E-state index is -0.216. The summed E-state index contributed by atoms with van der Waals surface area (Å²) < 4.78 is 0. The van der Waals surface area contributed by atoms with Crippen molar-refractivity contribution in [3.05, 3.63) is 59.9 Å². The van der Waals surface area contributed by atoms with Crippen LogP contribution in [0.1, 0.15) is 18.2 Å². The molecule has 2 N–H and O–H groups in total. The number of anilines is 1. The SMILES string of the molecule is CCc1ccccc1NC(=O)NCc1ccccn1. The van der Waals surface area contributed by atoms with Crippen LogP contribution in [0, 0.1) is 0 Å². The van der Waals surface area contributed by atoms with Gasteiger partial charge >= 0.3 is 6.03 Å². The molecule has 1 aromatic carbocycles. The lowest BCUT2D eigenvalue weighted by Gasteiger charge is -2.10. The van der Waals surface area contributed by atoms with Crippen LogP contribution in [0.4, 0.5) is 10.5 Å². The Morgan fingerprint density at radius 3 is 2.68 bits per heavy atom. The van der Waals surface area contributed by atoms with Gasteiger partial charge in [0.1, 0.15) is 0 Å². The molecular formula is C15H17N3O. The summed E-state index contributed by atoms with van der Waals surface area (Å²) in [5, 5.41) is 5.64. The molecule has 0 aliphatic heterocycles. The molecule has 0 spiro atoms. The first-order chi connectivity index (χ1) is 9.29. The van der Waals surface area contributed by atoms with Gasteiger partial charge in [-0.15, -0.1) is 0 Å². The van der Waals surface area contributed by atoms with E-state index < -0.39 is 0 Å². The van der Waals surface area contributed by atoms with Crippen LogP contribution in [-0.2, 0) is 13.0 Å². The van der Waals surface area contributed by atoms with Gasteiger partial charge < -0.3 is 10.6 Å². The molecule has 0 bridgehead atoms. The fraction of sp³-hybridized carbons (Fsp3) is 0.200. The van der Waals surface area contributed by atoms with Crippen molar-refractivity contribution in [2.45, 2.75) is 19.9 Å². The van der Waals surface area contributed by atoms with Gasteiger partial charge in [0.25, 0.3) is 0 Å². The Hall–Kier alpha value is -2.36.